The van der Waals surface area contributed by atoms with Gasteiger partial charge >= 0.3 is 6.03 Å². The van der Waals surface area contributed by atoms with Gasteiger partial charge in [0.05, 0.1) is 12.1 Å². The zero-order valence-electron chi connectivity index (χ0n) is 15.1. The third-order valence-electron chi connectivity index (χ3n) is 5.22. The van der Waals surface area contributed by atoms with E-state index in [0.29, 0.717) is 6.54 Å². The second kappa shape index (κ2) is 8.65. The molecule has 2 fully saturated rings. The number of likely N-dealkylation sites (N-methyl/N-ethyl adjacent to an activating group) is 1. The molecule has 2 atom stereocenters. The number of urea groups is 1. The summed E-state index contributed by atoms with van der Waals surface area (Å²) in [5, 5.41) is 13.0. The highest BCUT2D eigenvalue weighted by Gasteiger charge is 2.26. The molecule has 138 valence electrons. The first kappa shape index (κ1) is 18.2. The smallest absolute Gasteiger partial charge is 0.318 e. The zero-order valence-corrected chi connectivity index (χ0v) is 15.1. The SMILES string of the molecule is CN1CCN(C[C@@H](NC(=O)N2CCC[C@H](O)C2)c2ccccc2)CC1. The first-order chi connectivity index (χ1) is 12.1. The van der Waals surface area contributed by atoms with Crippen LogP contribution in [0.2, 0.25) is 0 Å². The lowest BCUT2D eigenvalue weighted by Gasteiger charge is -2.36. The van der Waals surface area contributed by atoms with Gasteiger partial charge in [-0.15, -0.1) is 0 Å². The van der Waals surface area contributed by atoms with Gasteiger partial charge in [0.25, 0.3) is 0 Å². The molecule has 0 unspecified atom stereocenters. The number of piperazine rings is 1. The summed E-state index contributed by atoms with van der Waals surface area (Å²) in [6.07, 6.45) is 1.25. The van der Waals surface area contributed by atoms with Gasteiger partial charge in [0, 0.05) is 45.8 Å². The number of hydrogen-bond acceptors (Lipinski definition) is 4. The molecule has 0 saturated carbocycles. The molecule has 1 aromatic carbocycles. The minimum atomic E-state index is -0.396. The highest BCUT2D eigenvalue weighted by Crippen LogP contribution is 2.17. The molecule has 25 heavy (non-hydrogen) atoms. The molecule has 1 aromatic rings. The number of nitrogens with one attached hydrogen (secondary N) is 1. The molecule has 0 aliphatic carbocycles. The minimum absolute atomic E-state index is 0.0313. The predicted octanol–water partition coefficient (Wildman–Crippen LogP) is 1.14. The van der Waals surface area contributed by atoms with E-state index in [9.17, 15) is 9.90 Å². The van der Waals surface area contributed by atoms with Crippen molar-refractivity contribution in [2.75, 3.05) is 52.9 Å². The number of aliphatic hydroxyl groups excluding tert-OH is 1. The van der Waals surface area contributed by atoms with Crippen molar-refractivity contribution in [2.24, 2.45) is 0 Å². The number of carbonyl (C=O) groups excluding carboxylic acids is 1. The molecule has 0 aromatic heterocycles. The zero-order chi connectivity index (χ0) is 17.6. The highest BCUT2D eigenvalue weighted by molar-refractivity contribution is 5.75. The van der Waals surface area contributed by atoms with Gasteiger partial charge in [0.15, 0.2) is 0 Å². The summed E-state index contributed by atoms with van der Waals surface area (Å²) in [6, 6.07) is 10.1. The first-order valence-corrected chi connectivity index (χ1v) is 9.31. The molecule has 2 heterocycles. The molecular formula is C19H30N4O2. The Morgan fingerprint density at radius 2 is 1.92 bits per heavy atom. The highest BCUT2D eigenvalue weighted by atomic mass is 16.3. The van der Waals surface area contributed by atoms with Crippen molar-refractivity contribution in [3.63, 3.8) is 0 Å². The third-order valence-corrected chi connectivity index (χ3v) is 5.22. The van der Waals surface area contributed by atoms with E-state index in [-0.39, 0.29) is 12.1 Å². The van der Waals surface area contributed by atoms with Crippen LogP contribution in [-0.2, 0) is 0 Å². The molecule has 6 heteroatoms. The van der Waals surface area contributed by atoms with Gasteiger partial charge in [-0.3, -0.25) is 4.90 Å². The van der Waals surface area contributed by atoms with Crippen molar-refractivity contribution < 1.29 is 9.90 Å². The number of likely N-dealkylation sites (tertiary alicyclic amines) is 1. The lowest BCUT2D eigenvalue weighted by Crippen LogP contribution is -2.51. The Labute approximate surface area is 150 Å². The van der Waals surface area contributed by atoms with E-state index in [1.165, 1.54) is 0 Å². The van der Waals surface area contributed by atoms with Crippen LogP contribution in [0, 0.1) is 0 Å². The van der Waals surface area contributed by atoms with Gasteiger partial charge in [-0.05, 0) is 25.5 Å². The number of nitrogens with zero attached hydrogens (tertiary/aromatic N) is 3. The van der Waals surface area contributed by atoms with Crippen LogP contribution < -0.4 is 5.32 Å². The van der Waals surface area contributed by atoms with Crippen molar-refractivity contribution in [2.45, 2.75) is 25.0 Å². The van der Waals surface area contributed by atoms with Gasteiger partial charge < -0.3 is 20.2 Å². The largest absolute Gasteiger partial charge is 0.391 e. The second-order valence-corrected chi connectivity index (χ2v) is 7.26. The Kier molecular flexibility index (Phi) is 6.29. The van der Waals surface area contributed by atoms with Crippen molar-refractivity contribution >= 4 is 6.03 Å². The van der Waals surface area contributed by atoms with Crippen LogP contribution in [0.4, 0.5) is 4.79 Å². The number of piperidine rings is 1. The Balaban J connectivity index is 1.65. The maximum Gasteiger partial charge on any atom is 0.318 e. The number of amides is 2. The van der Waals surface area contributed by atoms with Crippen molar-refractivity contribution in [3.8, 4) is 0 Å². The molecule has 2 amide bonds. The van der Waals surface area contributed by atoms with Crippen LogP contribution in [0.1, 0.15) is 24.4 Å². The van der Waals surface area contributed by atoms with Gasteiger partial charge in [-0.25, -0.2) is 4.79 Å². The number of β-amino-alcohol motifs (C(OH)–C–C–N with tert-alkyl or cyclic N) is 1. The molecule has 3 rings (SSSR count). The Morgan fingerprint density at radius 3 is 2.60 bits per heavy atom. The monoisotopic (exact) mass is 346 g/mol. The number of hydrogen-bond donors (Lipinski definition) is 2. The van der Waals surface area contributed by atoms with E-state index in [1.807, 2.05) is 18.2 Å². The summed E-state index contributed by atoms with van der Waals surface area (Å²) < 4.78 is 0. The minimum Gasteiger partial charge on any atom is -0.391 e. The van der Waals surface area contributed by atoms with Gasteiger partial charge in [0.2, 0.25) is 0 Å². The molecule has 2 aliphatic rings. The summed E-state index contributed by atoms with van der Waals surface area (Å²) in [6.45, 7) is 6.15. The number of aliphatic hydroxyl groups is 1. The summed E-state index contributed by atoms with van der Waals surface area (Å²) in [5.74, 6) is 0. The number of benzene rings is 1. The van der Waals surface area contributed by atoms with E-state index < -0.39 is 6.10 Å². The van der Waals surface area contributed by atoms with Crippen LogP contribution >= 0.6 is 0 Å². The van der Waals surface area contributed by atoms with E-state index in [2.05, 4.69) is 34.3 Å². The fourth-order valence-electron chi connectivity index (χ4n) is 3.59. The van der Waals surface area contributed by atoms with E-state index in [1.54, 1.807) is 4.90 Å². The number of carbonyl (C=O) groups is 1. The average molecular weight is 346 g/mol. The molecule has 0 bridgehead atoms. The topological polar surface area (TPSA) is 59.0 Å². The normalized spacial score (nSPS) is 24.1. The van der Waals surface area contributed by atoms with Crippen molar-refractivity contribution in [1.29, 1.82) is 0 Å². The first-order valence-electron chi connectivity index (χ1n) is 9.31. The standard InChI is InChI=1S/C19H30N4O2/c1-21-10-12-22(13-11-21)15-18(16-6-3-2-4-7-16)20-19(25)23-9-5-8-17(24)14-23/h2-4,6-7,17-18,24H,5,8-15H2,1H3,(H,20,25)/t17-,18+/m0/s1. The van der Waals surface area contributed by atoms with Crippen LogP contribution in [0.15, 0.2) is 30.3 Å². The molecule has 2 saturated heterocycles. The Hall–Kier alpha value is -1.63. The van der Waals surface area contributed by atoms with Crippen molar-refractivity contribution in [3.05, 3.63) is 35.9 Å². The molecule has 6 nitrogen and oxygen atoms in total. The molecule has 0 radical (unpaired) electrons. The second-order valence-electron chi connectivity index (χ2n) is 7.26. The Bertz CT molecular complexity index is 546. The van der Waals surface area contributed by atoms with Gasteiger partial charge in [-0.1, -0.05) is 30.3 Å². The molecule has 2 N–H and O–H groups in total. The van der Waals surface area contributed by atoms with Crippen LogP contribution in [-0.4, -0.2) is 84.8 Å². The fraction of sp³-hybridized carbons (Fsp3) is 0.632. The van der Waals surface area contributed by atoms with Crippen LogP contribution in [0.5, 0.6) is 0 Å². The fourth-order valence-corrected chi connectivity index (χ4v) is 3.59. The predicted molar refractivity (Wildman–Crippen MR) is 98.5 cm³/mol. The van der Waals surface area contributed by atoms with E-state index >= 15 is 0 Å². The van der Waals surface area contributed by atoms with Crippen molar-refractivity contribution in [1.82, 2.24) is 20.0 Å². The van der Waals surface area contributed by atoms with Crippen LogP contribution in [0.25, 0.3) is 0 Å². The quantitative estimate of drug-likeness (QED) is 0.858. The molecular weight excluding hydrogens is 316 g/mol. The van der Waals surface area contributed by atoms with E-state index in [4.69, 9.17) is 0 Å². The lowest BCUT2D eigenvalue weighted by atomic mass is 10.1. The number of rotatable bonds is 4. The van der Waals surface area contributed by atoms with Gasteiger partial charge in [0.1, 0.15) is 0 Å². The summed E-state index contributed by atoms with van der Waals surface area (Å²) in [4.78, 5) is 19.2. The Morgan fingerprint density at radius 1 is 1.20 bits per heavy atom. The summed E-state index contributed by atoms with van der Waals surface area (Å²) >= 11 is 0. The average Bonchev–Trinajstić information content (AvgIpc) is 2.63. The lowest BCUT2D eigenvalue weighted by molar-refractivity contribution is 0.0817. The molecule has 0 spiro atoms. The molecule has 2 aliphatic heterocycles. The summed E-state index contributed by atoms with van der Waals surface area (Å²) in [7, 11) is 2.15. The maximum absolute atomic E-state index is 12.7. The summed E-state index contributed by atoms with van der Waals surface area (Å²) in [5.41, 5.74) is 1.13. The maximum atomic E-state index is 12.7. The van der Waals surface area contributed by atoms with Gasteiger partial charge in [-0.2, -0.15) is 0 Å². The van der Waals surface area contributed by atoms with E-state index in [0.717, 1.165) is 57.7 Å². The third kappa shape index (κ3) is 5.17. The van der Waals surface area contributed by atoms with Crippen LogP contribution in [0.3, 0.4) is 0 Å².